The summed E-state index contributed by atoms with van der Waals surface area (Å²) in [7, 11) is 0. The van der Waals surface area contributed by atoms with E-state index in [4.69, 9.17) is 10.8 Å². The molecule has 0 radical (unpaired) electrons. The molecule has 31 heavy (non-hydrogen) atoms. The molecule has 3 heterocycles. The number of hydrogen-bond donors (Lipinski definition) is 3. The molecule has 0 atom stereocenters. The van der Waals surface area contributed by atoms with Gasteiger partial charge in [-0.05, 0) is 43.2 Å². The number of nitrogen functional groups attached to an aromatic ring is 1. The minimum absolute atomic E-state index is 0.128. The standard InChI is InChI=1S/C13H18N6O2.C6H4F2.C2H6/c14-11-10(13(21)15-4-8-20)12-16-9(3-7-19(12)17-11)18-5-1-2-6-18;7-5-1-2-6(8)4-3-5;1-2/h3,7,20H,1-2,4-6,8H2,(H2,14,17)(H,15,21);1-4H;1-2H3. The Labute approximate surface area is 179 Å². The minimum atomic E-state index is -0.411. The highest BCUT2D eigenvalue weighted by Crippen LogP contribution is 2.22. The van der Waals surface area contributed by atoms with Crippen molar-refractivity contribution in [3.05, 3.63) is 53.7 Å². The van der Waals surface area contributed by atoms with E-state index < -0.39 is 11.6 Å². The fourth-order valence-corrected chi connectivity index (χ4v) is 2.96. The number of halogens is 2. The van der Waals surface area contributed by atoms with Gasteiger partial charge in [0.05, 0.1) is 6.61 Å². The average molecular weight is 434 g/mol. The molecule has 0 saturated carbocycles. The van der Waals surface area contributed by atoms with Crippen molar-refractivity contribution in [3.63, 3.8) is 0 Å². The Kier molecular flexibility index (Phi) is 9.13. The number of fused-ring (bicyclic) bond motifs is 1. The van der Waals surface area contributed by atoms with Crippen molar-refractivity contribution in [2.45, 2.75) is 26.7 Å². The summed E-state index contributed by atoms with van der Waals surface area (Å²) < 4.78 is 25.3. The Balaban J connectivity index is 0.000000286. The van der Waals surface area contributed by atoms with Crippen molar-refractivity contribution in [1.82, 2.24) is 19.9 Å². The third-order valence-electron chi connectivity index (χ3n) is 4.36. The monoisotopic (exact) mass is 434 g/mol. The lowest BCUT2D eigenvalue weighted by atomic mass is 10.3. The van der Waals surface area contributed by atoms with Crippen LogP contribution in [0.25, 0.3) is 5.65 Å². The molecule has 4 rings (SSSR count). The van der Waals surface area contributed by atoms with E-state index in [9.17, 15) is 13.6 Å². The second-order valence-corrected chi connectivity index (χ2v) is 6.42. The topological polar surface area (TPSA) is 109 Å². The van der Waals surface area contributed by atoms with Gasteiger partial charge in [0, 0.05) is 25.8 Å². The van der Waals surface area contributed by atoms with Crippen molar-refractivity contribution in [2.75, 3.05) is 36.9 Å². The Morgan fingerprint density at radius 1 is 1.13 bits per heavy atom. The van der Waals surface area contributed by atoms with E-state index >= 15 is 0 Å². The van der Waals surface area contributed by atoms with Gasteiger partial charge in [-0.3, -0.25) is 4.79 Å². The van der Waals surface area contributed by atoms with Gasteiger partial charge >= 0.3 is 0 Å². The molecule has 3 aromatic rings. The molecule has 0 aliphatic carbocycles. The van der Waals surface area contributed by atoms with Gasteiger partial charge in [0.15, 0.2) is 11.5 Å². The zero-order chi connectivity index (χ0) is 22.8. The van der Waals surface area contributed by atoms with Crippen LogP contribution in [0.5, 0.6) is 0 Å². The van der Waals surface area contributed by atoms with E-state index in [1.54, 1.807) is 6.20 Å². The lowest BCUT2D eigenvalue weighted by molar-refractivity contribution is 0.0947. The number of nitrogens with zero attached hydrogens (tertiary/aromatic N) is 4. The third-order valence-corrected chi connectivity index (χ3v) is 4.36. The van der Waals surface area contributed by atoms with Crippen LogP contribution in [0, 0.1) is 11.6 Å². The fraction of sp³-hybridized carbons (Fsp3) is 0.381. The fourth-order valence-electron chi connectivity index (χ4n) is 2.96. The van der Waals surface area contributed by atoms with Crippen LogP contribution in [-0.4, -0.2) is 51.9 Å². The summed E-state index contributed by atoms with van der Waals surface area (Å²) in [4.78, 5) is 18.8. The Morgan fingerprint density at radius 3 is 2.26 bits per heavy atom. The number of aliphatic hydroxyl groups excluding tert-OH is 1. The van der Waals surface area contributed by atoms with Gasteiger partial charge in [0.2, 0.25) is 0 Å². The lowest BCUT2D eigenvalue weighted by Gasteiger charge is -2.16. The maximum Gasteiger partial charge on any atom is 0.259 e. The molecule has 0 bridgehead atoms. The second kappa shape index (κ2) is 11.8. The van der Waals surface area contributed by atoms with E-state index in [0.29, 0.717) is 5.65 Å². The lowest BCUT2D eigenvalue weighted by Crippen LogP contribution is -2.27. The molecule has 1 aliphatic rings. The molecule has 1 fully saturated rings. The summed E-state index contributed by atoms with van der Waals surface area (Å²) in [5.41, 5.74) is 6.51. The van der Waals surface area contributed by atoms with Crippen molar-refractivity contribution >= 4 is 23.2 Å². The maximum absolute atomic E-state index is 12.1. The van der Waals surface area contributed by atoms with Crippen LogP contribution < -0.4 is 16.0 Å². The number of aromatic nitrogens is 3. The van der Waals surface area contributed by atoms with Gasteiger partial charge in [-0.1, -0.05) is 13.8 Å². The predicted octanol–water partition coefficient (Wildman–Crippen LogP) is 2.62. The zero-order valence-corrected chi connectivity index (χ0v) is 17.7. The molecule has 4 N–H and O–H groups in total. The molecule has 1 aliphatic heterocycles. The van der Waals surface area contributed by atoms with Gasteiger partial charge in [-0.2, -0.15) is 0 Å². The average Bonchev–Trinajstić information content (AvgIpc) is 3.43. The maximum atomic E-state index is 12.1. The molecule has 1 amide bonds. The summed E-state index contributed by atoms with van der Waals surface area (Å²) in [6.07, 6.45) is 4.06. The molecule has 0 unspecified atom stereocenters. The summed E-state index contributed by atoms with van der Waals surface area (Å²) in [5.74, 6) is -0.229. The number of carbonyl (C=O) groups is 1. The Bertz CT molecular complexity index is 951. The van der Waals surface area contributed by atoms with Crippen LogP contribution in [-0.2, 0) is 0 Å². The van der Waals surface area contributed by atoms with Gasteiger partial charge in [0.1, 0.15) is 23.0 Å². The zero-order valence-electron chi connectivity index (χ0n) is 17.7. The normalized spacial score (nSPS) is 12.6. The number of anilines is 2. The molecule has 0 spiro atoms. The highest BCUT2D eigenvalue weighted by Gasteiger charge is 2.21. The number of carbonyl (C=O) groups excluding carboxylic acids is 1. The highest BCUT2D eigenvalue weighted by molar-refractivity contribution is 6.04. The Hall–Kier alpha value is -3.27. The van der Waals surface area contributed by atoms with Crippen LogP contribution >= 0.6 is 0 Å². The van der Waals surface area contributed by atoms with E-state index in [-0.39, 0.29) is 30.4 Å². The van der Waals surface area contributed by atoms with E-state index in [1.165, 1.54) is 4.52 Å². The first kappa shape index (κ1) is 24.0. The van der Waals surface area contributed by atoms with Gasteiger partial charge in [-0.15, -0.1) is 5.10 Å². The molecule has 8 nitrogen and oxygen atoms in total. The molecule has 168 valence electrons. The van der Waals surface area contributed by atoms with Gasteiger partial charge in [0.25, 0.3) is 5.91 Å². The molecular formula is C21H28F2N6O2. The number of nitrogens with two attached hydrogens (primary N) is 1. The smallest absolute Gasteiger partial charge is 0.259 e. The summed E-state index contributed by atoms with van der Waals surface area (Å²) in [6, 6.07) is 6.19. The van der Waals surface area contributed by atoms with Crippen molar-refractivity contribution in [2.24, 2.45) is 0 Å². The van der Waals surface area contributed by atoms with Crippen molar-refractivity contribution < 1.29 is 18.7 Å². The third kappa shape index (κ3) is 6.35. The molecule has 1 saturated heterocycles. The van der Waals surface area contributed by atoms with E-state index in [0.717, 1.165) is 56.0 Å². The number of nitrogens with one attached hydrogen (secondary N) is 1. The highest BCUT2D eigenvalue weighted by atomic mass is 19.1. The molecule has 10 heteroatoms. The van der Waals surface area contributed by atoms with E-state index in [2.05, 4.69) is 20.3 Å². The number of amides is 1. The quantitative estimate of drug-likeness (QED) is 0.583. The van der Waals surface area contributed by atoms with Crippen molar-refractivity contribution in [3.8, 4) is 0 Å². The first-order valence-electron chi connectivity index (χ1n) is 10.2. The van der Waals surface area contributed by atoms with Crippen LogP contribution in [0.4, 0.5) is 20.4 Å². The number of rotatable bonds is 4. The summed E-state index contributed by atoms with van der Waals surface area (Å²) in [5, 5.41) is 15.5. The van der Waals surface area contributed by atoms with Gasteiger partial charge in [-0.25, -0.2) is 18.3 Å². The van der Waals surface area contributed by atoms with Crippen LogP contribution in [0.1, 0.15) is 37.0 Å². The SMILES string of the molecule is CC.Fc1ccc(F)cc1.Nc1nn2ccc(N3CCCC3)nc2c1C(=O)NCCO. The number of aliphatic hydroxyl groups is 1. The van der Waals surface area contributed by atoms with Crippen LogP contribution in [0.15, 0.2) is 36.5 Å². The number of hydrogen-bond acceptors (Lipinski definition) is 6. The van der Waals surface area contributed by atoms with Crippen LogP contribution in [0.2, 0.25) is 0 Å². The molecule has 1 aromatic carbocycles. The first-order chi connectivity index (χ1) is 15.0. The predicted molar refractivity (Wildman–Crippen MR) is 116 cm³/mol. The van der Waals surface area contributed by atoms with Crippen LogP contribution in [0.3, 0.4) is 0 Å². The Morgan fingerprint density at radius 2 is 1.71 bits per heavy atom. The van der Waals surface area contributed by atoms with Crippen molar-refractivity contribution in [1.29, 1.82) is 0 Å². The molecular weight excluding hydrogens is 406 g/mol. The summed E-state index contributed by atoms with van der Waals surface area (Å²) >= 11 is 0. The largest absolute Gasteiger partial charge is 0.395 e. The van der Waals surface area contributed by atoms with Gasteiger partial charge < -0.3 is 21.1 Å². The minimum Gasteiger partial charge on any atom is -0.395 e. The van der Waals surface area contributed by atoms with E-state index in [1.807, 2.05) is 19.9 Å². The number of benzene rings is 1. The summed E-state index contributed by atoms with van der Waals surface area (Å²) in [6.45, 7) is 5.98. The second-order valence-electron chi connectivity index (χ2n) is 6.42. The molecule has 2 aromatic heterocycles. The first-order valence-corrected chi connectivity index (χ1v) is 10.2.